The predicted octanol–water partition coefficient (Wildman–Crippen LogP) is 1.29. The van der Waals surface area contributed by atoms with Gasteiger partial charge in [-0.2, -0.15) is 0 Å². The van der Waals surface area contributed by atoms with Crippen LogP contribution < -0.4 is 0 Å². The molecule has 0 radical (unpaired) electrons. The van der Waals surface area contributed by atoms with Crippen LogP contribution in [0.25, 0.3) is 0 Å². The lowest BCUT2D eigenvalue weighted by molar-refractivity contribution is -0.136. The quantitative estimate of drug-likeness (QED) is 0.765. The van der Waals surface area contributed by atoms with Gasteiger partial charge in [-0.05, 0) is 6.42 Å². The first-order valence-electron chi connectivity index (χ1n) is 5.05. The molecule has 0 spiro atoms. The van der Waals surface area contributed by atoms with Gasteiger partial charge >= 0.3 is 12.1 Å². The van der Waals surface area contributed by atoms with Crippen LogP contribution in [0.5, 0.6) is 0 Å². The SMILES string of the molecule is CCCCOC(=O)n1cncc1CC(=O)O. The lowest BCUT2D eigenvalue weighted by Gasteiger charge is -2.06. The highest BCUT2D eigenvalue weighted by Crippen LogP contribution is 2.02. The van der Waals surface area contributed by atoms with Crippen molar-refractivity contribution >= 4 is 12.1 Å². The van der Waals surface area contributed by atoms with Crippen LogP contribution in [0.2, 0.25) is 0 Å². The average molecular weight is 226 g/mol. The number of carboxylic acid groups (broad SMARTS) is 1. The third-order valence-corrected chi connectivity index (χ3v) is 1.97. The molecular formula is C10H14N2O4. The van der Waals surface area contributed by atoms with E-state index >= 15 is 0 Å². The van der Waals surface area contributed by atoms with Crippen LogP contribution >= 0.6 is 0 Å². The van der Waals surface area contributed by atoms with Crippen molar-refractivity contribution in [3.05, 3.63) is 18.2 Å². The average Bonchev–Trinajstić information content (AvgIpc) is 2.65. The number of rotatable bonds is 5. The molecule has 0 aliphatic carbocycles. The lowest BCUT2D eigenvalue weighted by Crippen LogP contribution is -2.17. The maximum absolute atomic E-state index is 11.5. The van der Waals surface area contributed by atoms with Gasteiger partial charge in [0.25, 0.3) is 0 Å². The van der Waals surface area contributed by atoms with Crippen LogP contribution in [-0.2, 0) is 16.0 Å². The first-order chi connectivity index (χ1) is 7.65. The Bertz CT molecular complexity index is 373. The van der Waals surface area contributed by atoms with Gasteiger partial charge in [-0.3, -0.25) is 4.79 Å². The van der Waals surface area contributed by atoms with E-state index in [1.165, 1.54) is 12.5 Å². The third kappa shape index (κ3) is 3.38. The molecule has 0 unspecified atom stereocenters. The Kier molecular flexibility index (Phi) is 4.50. The maximum Gasteiger partial charge on any atom is 0.419 e. The summed E-state index contributed by atoms with van der Waals surface area (Å²) < 4.78 is 6.06. The minimum absolute atomic E-state index is 0.247. The van der Waals surface area contributed by atoms with Gasteiger partial charge in [0.2, 0.25) is 0 Å². The van der Waals surface area contributed by atoms with E-state index in [0.717, 1.165) is 17.4 Å². The van der Waals surface area contributed by atoms with Crippen molar-refractivity contribution in [1.82, 2.24) is 9.55 Å². The molecule has 88 valence electrons. The van der Waals surface area contributed by atoms with Crippen LogP contribution in [0.3, 0.4) is 0 Å². The number of aliphatic carboxylic acids is 1. The summed E-state index contributed by atoms with van der Waals surface area (Å²) in [5.41, 5.74) is 0.314. The second kappa shape index (κ2) is 5.89. The van der Waals surface area contributed by atoms with Gasteiger partial charge in [-0.25, -0.2) is 14.3 Å². The lowest BCUT2D eigenvalue weighted by atomic mass is 10.3. The summed E-state index contributed by atoms with van der Waals surface area (Å²) in [5, 5.41) is 8.61. The Hall–Kier alpha value is -1.85. The Labute approximate surface area is 92.9 Å². The van der Waals surface area contributed by atoms with Gasteiger partial charge in [0, 0.05) is 6.20 Å². The fourth-order valence-electron chi connectivity index (χ4n) is 1.15. The number of carbonyl (C=O) groups is 2. The monoisotopic (exact) mass is 226 g/mol. The van der Waals surface area contributed by atoms with E-state index in [1.54, 1.807) is 0 Å². The molecule has 0 amide bonds. The van der Waals surface area contributed by atoms with Crippen LogP contribution in [0.1, 0.15) is 25.5 Å². The fraction of sp³-hybridized carbons (Fsp3) is 0.500. The molecule has 6 heteroatoms. The van der Waals surface area contributed by atoms with Crippen LogP contribution in [0.15, 0.2) is 12.5 Å². The molecule has 0 saturated carbocycles. The highest BCUT2D eigenvalue weighted by Gasteiger charge is 2.13. The van der Waals surface area contributed by atoms with Crippen molar-refractivity contribution in [3.8, 4) is 0 Å². The number of unbranched alkanes of at least 4 members (excludes halogenated alkanes) is 1. The molecule has 0 bridgehead atoms. The summed E-state index contributed by atoms with van der Waals surface area (Å²) in [4.78, 5) is 25.7. The molecule has 1 aromatic rings. The van der Waals surface area contributed by atoms with E-state index in [2.05, 4.69) is 4.98 Å². The van der Waals surface area contributed by atoms with Crippen LogP contribution in [0.4, 0.5) is 4.79 Å². The smallest absolute Gasteiger partial charge is 0.419 e. The molecule has 0 aliphatic rings. The normalized spacial score (nSPS) is 10.1. The molecule has 1 heterocycles. The highest BCUT2D eigenvalue weighted by atomic mass is 16.5. The van der Waals surface area contributed by atoms with Crippen molar-refractivity contribution in [2.45, 2.75) is 26.2 Å². The van der Waals surface area contributed by atoms with Crippen molar-refractivity contribution in [3.63, 3.8) is 0 Å². The molecule has 0 atom stereocenters. The molecule has 0 aromatic carbocycles. The molecule has 0 aliphatic heterocycles. The van der Waals surface area contributed by atoms with E-state index in [4.69, 9.17) is 9.84 Å². The van der Waals surface area contributed by atoms with E-state index < -0.39 is 12.1 Å². The minimum atomic E-state index is -1.01. The second-order valence-corrected chi connectivity index (χ2v) is 3.29. The standard InChI is InChI=1S/C10H14N2O4/c1-2-3-4-16-10(15)12-7-11-6-8(12)5-9(13)14/h6-7H,2-5H2,1H3,(H,13,14). The van der Waals surface area contributed by atoms with Gasteiger partial charge in [0.05, 0.1) is 18.7 Å². The van der Waals surface area contributed by atoms with Crippen LogP contribution in [-0.4, -0.2) is 33.3 Å². The van der Waals surface area contributed by atoms with Crippen molar-refractivity contribution in [2.75, 3.05) is 6.61 Å². The zero-order valence-corrected chi connectivity index (χ0v) is 9.05. The van der Waals surface area contributed by atoms with E-state index in [1.807, 2.05) is 6.92 Å². The summed E-state index contributed by atoms with van der Waals surface area (Å²) in [7, 11) is 0. The number of aromatic nitrogens is 2. The topological polar surface area (TPSA) is 81.4 Å². The maximum atomic E-state index is 11.5. The fourth-order valence-corrected chi connectivity index (χ4v) is 1.15. The number of carbonyl (C=O) groups excluding carboxylic acids is 1. The number of ether oxygens (including phenoxy) is 1. The van der Waals surface area contributed by atoms with Gasteiger partial charge in [0.15, 0.2) is 0 Å². The molecule has 0 saturated heterocycles. The number of nitrogens with zero attached hydrogens (tertiary/aromatic N) is 2. The molecule has 0 fully saturated rings. The molecule has 1 rings (SSSR count). The zero-order chi connectivity index (χ0) is 12.0. The predicted molar refractivity (Wildman–Crippen MR) is 55.2 cm³/mol. The van der Waals surface area contributed by atoms with E-state index in [0.29, 0.717) is 12.3 Å². The Balaban J connectivity index is 2.61. The summed E-state index contributed by atoms with van der Waals surface area (Å²) in [6.45, 7) is 2.32. The highest BCUT2D eigenvalue weighted by molar-refractivity contribution is 5.75. The van der Waals surface area contributed by atoms with E-state index in [9.17, 15) is 9.59 Å². The summed E-state index contributed by atoms with van der Waals surface area (Å²) in [6, 6.07) is 0. The second-order valence-electron chi connectivity index (χ2n) is 3.29. The van der Waals surface area contributed by atoms with Gasteiger partial charge < -0.3 is 9.84 Å². The number of carboxylic acids is 1. The Morgan fingerprint density at radius 1 is 1.56 bits per heavy atom. The third-order valence-electron chi connectivity index (χ3n) is 1.97. The first-order valence-corrected chi connectivity index (χ1v) is 5.05. The minimum Gasteiger partial charge on any atom is -0.481 e. The Morgan fingerprint density at radius 2 is 2.31 bits per heavy atom. The number of hydrogen-bond donors (Lipinski definition) is 1. The molecule has 16 heavy (non-hydrogen) atoms. The van der Waals surface area contributed by atoms with E-state index in [-0.39, 0.29) is 6.42 Å². The first kappa shape index (κ1) is 12.2. The van der Waals surface area contributed by atoms with Crippen molar-refractivity contribution < 1.29 is 19.4 Å². The summed E-state index contributed by atoms with van der Waals surface area (Å²) in [6.07, 6.45) is 3.49. The van der Waals surface area contributed by atoms with Crippen LogP contribution in [0, 0.1) is 0 Å². The summed E-state index contributed by atoms with van der Waals surface area (Å²) >= 11 is 0. The van der Waals surface area contributed by atoms with Crippen molar-refractivity contribution in [1.29, 1.82) is 0 Å². The largest absolute Gasteiger partial charge is 0.481 e. The number of imidazole rings is 1. The van der Waals surface area contributed by atoms with Crippen molar-refractivity contribution in [2.24, 2.45) is 0 Å². The number of hydrogen-bond acceptors (Lipinski definition) is 4. The zero-order valence-electron chi connectivity index (χ0n) is 9.05. The Morgan fingerprint density at radius 3 is 2.94 bits per heavy atom. The molecule has 1 N–H and O–H groups in total. The van der Waals surface area contributed by atoms with Gasteiger partial charge in [-0.1, -0.05) is 13.3 Å². The van der Waals surface area contributed by atoms with Gasteiger partial charge in [-0.15, -0.1) is 0 Å². The molecule has 6 nitrogen and oxygen atoms in total. The van der Waals surface area contributed by atoms with Gasteiger partial charge in [0.1, 0.15) is 6.33 Å². The molecular weight excluding hydrogens is 212 g/mol. The molecule has 1 aromatic heterocycles. The summed E-state index contributed by atoms with van der Waals surface area (Å²) in [5.74, 6) is -1.01.